The molecule has 0 bridgehead atoms. The number of rotatable bonds is 1. The van der Waals surface area contributed by atoms with Crippen molar-refractivity contribution in [1.82, 2.24) is 0 Å². The molecule has 0 amide bonds. The molecule has 1 N–H and O–H groups in total. The molecule has 0 heterocycles. The lowest BCUT2D eigenvalue weighted by atomic mass is 9.52. The summed E-state index contributed by atoms with van der Waals surface area (Å²) in [5, 5.41) is 11.5. The van der Waals surface area contributed by atoms with Crippen molar-refractivity contribution in [3.05, 3.63) is 46.5 Å². The van der Waals surface area contributed by atoms with Crippen molar-refractivity contribution in [1.29, 1.82) is 0 Å². The molecular weight excluding hydrogens is 368 g/mol. The van der Waals surface area contributed by atoms with Crippen molar-refractivity contribution >= 4 is 5.78 Å². The Labute approximate surface area is 182 Å². The third-order valence-electron chi connectivity index (χ3n) is 9.19. The second kappa shape index (κ2) is 6.79. The van der Waals surface area contributed by atoms with Crippen LogP contribution in [0.25, 0.3) is 0 Å². The molecule has 3 saturated carbocycles. The first-order valence-corrected chi connectivity index (χ1v) is 12.2. The fraction of sp³-hybridized carbons (Fsp3) is 0.679. The molecule has 1 aromatic carbocycles. The summed E-state index contributed by atoms with van der Waals surface area (Å²) >= 11 is 0. The molecule has 5 atom stereocenters. The van der Waals surface area contributed by atoms with Gasteiger partial charge in [0.05, 0.1) is 5.60 Å². The second-order valence-electron chi connectivity index (χ2n) is 12.1. The summed E-state index contributed by atoms with van der Waals surface area (Å²) in [6, 6.07) is 9.35. The van der Waals surface area contributed by atoms with Crippen LogP contribution >= 0.6 is 0 Å². The van der Waals surface area contributed by atoms with E-state index in [-0.39, 0.29) is 11.2 Å². The van der Waals surface area contributed by atoms with Gasteiger partial charge in [0.2, 0.25) is 0 Å². The van der Waals surface area contributed by atoms with Crippen LogP contribution in [-0.2, 0) is 10.2 Å². The minimum atomic E-state index is -0.864. The van der Waals surface area contributed by atoms with Gasteiger partial charge in [-0.3, -0.25) is 4.79 Å². The lowest BCUT2D eigenvalue weighted by Crippen LogP contribution is -2.48. The molecule has 30 heavy (non-hydrogen) atoms. The molecule has 0 saturated heterocycles. The fourth-order valence-electron chi connectivity index (χ4n) is 7.62. The van der Waals surface area contributed by atoms with Crippen LogP contribution in [0.2, 0.25) is 0 Å². The number of fused-ring (bicyclic) bond motifs is 4. The molecule has 0 radical (unpaired) electrons. The molecule has 4 aliphatic carbocycles. The van der Waals surface area contributed by atoms with E-state index in [2.05, 4.69) is 52.0 Å². The van der Waals surface area contributed by atoms with E-state index in [0.717, 1.165) is 25.2 Å². The summed E-state index contributed by atoms with van der Waals surface area (Å²) in [6.45, 7) is 9.35. The summed E-state index contributed by atoms with van der Waals surface area (Å²) in [6.07, 6.45) is 8.80. The van der Waals surface area contributed by atoms with Crippen LogP contribution in [0.5, 0.6) is 0 Å². The van der Waals surface area contributed by atoms with Gasteiger partial charge in [-0.2, -0.15) is 0 Å². The van der Waals surface area contributed by atoms with E-state index in [9.17, 15) is 9.90 Å². The van der Waals surface area contributed by atoms with Crippen molar-refractivity contribution in [2.75, 3.05) is 0 Å². The zero-order valence-corrected chi connectivity index (χ0v) is 19.3. The van der Waals surface area contributed by atoms with E-state index in [1.807, 2.05) is 0 Å². The Bertz CT molecular complexity index is 886. The van der Waals surface area contributed by atoms with Gasteiger partial charge < -0.3 is 5.11 Å². The zero-order valence-electron chi connectivity index (χ0n) is 19.3. The summed E-state index contributed by atoms with van der Waals surface area (Å²) in [4.78, 5) is 12.2. The Morgan fingerprint density at radius 3 is 2.47 bits per heavy atom. The average molecular weight is 407 g/mol. The van der Waals surface area contributed by atoms with Crippen LogP contribution in [0.4, 0.5) is 0 Å². The maximum Gasteiger partial charge on any atom is 0.136 e. The molecular formula is C28H38O2. The van der Waals surface area contributed by atoms with E-state index in [4.69, 9.17) is 0 Å². The average Bonchev–Trinajstić information content (AvgIpc) is 3.07. The quantitative estimate of drug-likeness (QED) is 0.543. The molecule has 4 aliphatic rings. The normalized spacial score (nSPS) is 38.8. The lowest BCUT2D eigenvalue weighted by molar-refractivity contribution is -0.125. The van der Waals surface area contributed by atoms with Crippen molar-refractivity contribution < 1.29 is 9.90 Å². The first-order chi connectivity index (χ1) is 14.1. The summed E-state index contributed by atoms with van der Waals surface area (Å²) < 4.78 is 0. The maximum atomic E-state index is 12.2. The predicted molar refractivity (Wildman–Crippen MR) is 122 cm³/mol. The third kappa shape index (κ3) is 3.13. The summed E-state index contributed by atoms with van der Waals surface area (Å²) in [5.41, 5.74) is 5.32. The number of ketones is 1. The van der Waals surface area contributed by atoms with Gasteiger partial charge in [0, 0.05) is 18.8 Å². The SMILES string of the molecule is CC(C)(C)c1ccc([C@H]2C[C@]3(C)CCC[C@H]3[C@@H]3CC[C@@]4(O)CC(=O)CCC4=C32)cc1. The van der Waals surface area contributed by atoms with Crippen LogP contribution in [0.15, 0.2) is 35.4 Å². The van der Waals surface area contributed by atoms with Gasteiger partial charge in [-0.1, -0.05) is 64.0 Å². The Morgan fingerprint density at radius 1 is 1.03 bits per heavy atom. The van der Waals surface area contributed by atoms with Gasteiger partial charge in [0.1, 0.15) is 5.78 Å². The molecule has 2 nitrogen and oxygen atoms in total. The molecule has 3 fully saturated rings. The summed E-state index contributed by atoms with van der Waals surface area (Å²) in [7, 11) is 0. The largest absolute Gasteiger partial charge is 0.385 e. The number of aliphatic hydroxyl groups is 1. The molecule has 0 aromatic heterocycles. The summed E-state index contributed by atoms with van der Waals surface area (Å²) in [5.74, 6) is 2.00. The number of hydrogen-bond acceptors (Lipinski definition) is 2. The number of benzene rings is 1. The van der Waals surface area contributed by atoms with E-state index in [1.165, 1.54) is 42.4 Å². The third-order valence-corrected chi connectivity index (χ3v) is 9.19. The monoisotopic (exact) mass is 406 g/mol. The number of allylic oxidation sites excluding steroid dienone is 1. The first kappa shape index (κ1) is 20.5. The first-order valence-electron chi connectivity index (χ1n) is 12.2. The Balaban J connectivity index is 1.63. The Kier molecular flexibility index (Phi) is 4.64. The molecule has 5 rings (SSSR count). The molecule has 2 heteroatoms. The van der Waals surface area contributed by atoms with Gasteiger partial charge in [-0.25, -0.2) is 0 Å². The van der Waals surface area contributed by atoms with Gasteiger partial charge in [-0.15, -0.1) is 0 Å². The van der Waals surface area contributed by atoms with Gasteiger partial charge in [0.15, 0.2) is 0 Å². The molecule has 1 aromatic rings. The molecule has 0 aliphatic heterocycles. The number of carbonyl (C=O) groups is 1. The lowest BCUT2D eigenvalue weighted by Gasteiger charge is -2.54. The predicted octanol–water partition coefficient (Wildman–Crippen LogP) is 6.47. The zero-order chi connectivity index (χ0) is 21.3. The highest BCUT2D eigenvalue weighted by atomic mass is 16.3. The smallest absolute Gasteiger partial charge is 0.136 e. The van der Waals surface area contributed by atoms with Crippen LogP contribution in [0, 0.1) is 17.3 Å². The standard InChI is InChI=1S/C28H38O2/c1-26(2,3)19-9-7-18(8-10-19)22-17-27(4)14-5-6-23(27)21-13-15-28(30)16-20(29)11-12-24(28)25(21)22/h7-10,21-23,30H,5-6,11-17H2,1-4H3/t21-,22+,23-,27-,28+/m0/s1. The highest BCUT2D eigenvalue weighted by Crippen LogP contribution is 2.64. The minimum Gasteiger partial charge on any atom is -0.385 e. The molecule has 162 valence electrons. The van der Waals surface area contributed by atoms with Crippen molar-refractivity contribution in [2.45, 2.75) is 102 Å². The highest BCUT2D eigenvalue weighted by molar-refractivity contribution is 5.82. The van der Waals surface area contributed by atoms with Crippen molar-refractivity contribution in [3.8, 4) is 0 Å². The van der Waals surface area contributed by atoms with Crippen LogP contribution in [-0.4, -0.2) is 16.5 Å². The van der Waals surface area contributed by atoms with E-state index >= 15 is 0 Å². The van der Waals surface area contributed by atoms with Crippen molar-refractivity contribution in [3.63, 3.8) is 0 Å². The number of hydrogen-bond donors (Lipinski definition) is 1. The van der Waals surface area contributed by atoms with Crippen molar-refractivity contribution in [2.24, 2.45) is 17.3 Å². The van der Waals surface area contributed by atoms with Crippen LogP contribution < -0.4 is 0 Å². The van der Waals surface area contributed by atoms with Gasteiger partial charge in [0.25, 0.3) is 0 Å². The van der Waals surface area contributed by atoms with Crippen LogP contribution in [0.1, 0.15) is 103 Å². The van der Waals surface area contributed by atoms with E-state index < -0.39 is 5.60 Å². The fourth-order valence-corrected chi connectivity index (χ4v) is 7.62. The Hall–Kier alpha value is -1.41. The van der Waals surface area contributed by atoms with E-state index in [1.54, 1.807) is 5.57 Å². The van der Waals surface area contributed by atoms with Crippen LogP contribution in [0.3, 0.4) is 0 Å². The number of carbonyl (C=O) groups excluding carboxylic acids is 1. The van der Waals surface area contributed by atoms with E-state index in [0.29, 0.717) is 30.1 Å². The maximum absolute atomic E-state index is 12.2. The topological polar surface area (TPSA) is 37.3 Å². The highest BCUT2D eigenvalue weighted by Gasteiger charge is 2.55. The number of Topliss-reactive ketones (excluding diaryl/α,β-unsaturated/α-hetero) is 1. The Morgan fingerprint density at radius 2 is 1.77 bits per heavy atom. The minimum absolute atomic E-state index is 0.160. The second-order valence-corrected chi connectivity index (χ2v) is 12.1. The molecule has 0 unspecified atom stereocenters. The van der Waals surface area contributed by atoms with Gasteiger partial charge in [-0.05, 0) is 77.9 Å². The van der Waals surface area contributed by atoms with Gasteiger partial charge >= 0.3 is 0 Å². The molecule has 0 spiro atoms.